The number of aromatic nitrogens is 4. The van der Waals surface area contributed by atoms with Crippen molar-refractivity contribution in [2.24, 2.45) is 0 Å². The Hall–Kier alpha value is -7.83. The Morgan fingerprint density at radius 2 is 0.930 bits per heavy atom. The number of rotatable bonds is 5. The molecule has 4 aromatic heterocycles. The number of furan rings is 2. The summed E-state index contributed by atoms with van der Waals surface area (Å²) in [7, 11) is 0. The normalized spacial score (nSPS) is 11.9. The molecule has 4 heterocycles. The number of fused-ring (bicyclic) bond motifs is 9. The van der Waals surface area contributed by atoms with Gasteiger partial charge in [-0.25, -0.2) is 15.0 Å². The molecular formula is C51H30N4O2. The van der Waals surface area contributed by atoms with Crippen molar-refractivity contribution in [3.63, 3.8) is 0 Å². The van der Waals surface area contributed by atoms with Crippen LogP contribution in [0.25, 0.3) is 117 Å². The zero-order valence-electron chi connectivity index (χ0n) is 30.4. The lowest BCUT2D eigenvalue weighted by atomic mass is 10.0. The third-order valence-corrected chi connectivity index (χ3v) is 11.1. The first-order valence-corrected chi connectivity index (χ1v) is 19.0. The quantitative estimate of drug-likeness (QED) is 0.176. The van der Waals surface area contributed by atoms with Crippen molar-refractivity contribution in [1.29, 1.82) is 0 Å². The average molecular weight is 731 g/mol. The standard InChI is InChI=1S/C51H30N4O2/c1-3-13-31(14-4-1)49-52-50(54-51(53-49)41-21-12-23-43-47(41)40-18-7-9-22-42(40)55(43)34-15-5-2-6-16-34)33-26-28-38-37-27-25-32(29-45(37)56-46(38)30-33)35-19-11-20-39-36-17-8-10-24-44(36)57-48(35)39/h1-30H. The zero-order valence-corrected chi connectivity index (χ0v) is 30.4. The van der Waals surface area contributed by atoms with Crippen LogP contribution in [-0.2, 0) is 0 Å². The molecule has 0 bridgehead atoms. The molecule has 12 rings (SSSR count). The lowest BCUT2D eigenvalue weighted by Crippen LogP contribution is -2.00. The molecule has 0 aliphatic carbocycles. The molecule has 266 valence electrons. The second kappa shape index (κ2) is 12.3. The van der Waals surface area contributed by atoms with E-state index >= 15 is 0 Å². The van der Waals surface area contributed by atoms with Gasteiger partial charge in [-0.1, -0.05) is 127 Å². The van der Waals surface area contributed by atoms with Crippen LogP contribution < -0.4 is 0 Å². The number of para-hydroxylation sites is 4. The van der Waals surface area contributed by atoms with E-state index < -0.39 is 0 Å². The molecule has 0 saturated carbocycles. The molecule has 0 radical (unpaired) electrons. The first kappa shape index (κ1) is 31.5. The van der Waals surface area contributed by atoms with Crippen LogP contribution in [0.3, 0.4) is 0 Å². The van der Waals surface area contributed by atoms with Gasteiger partial charge in [0.25, 0.3) is 0 Å². The van der Waals surface area contributed by atoms with Gasteiger partial charge in [0, 0.05) is 60.3 Å². The topological polar surface area (TPSA) is 69.9 Å². The van der Waals surface area contributed by atoms with Crippen molar-refractivity contribution < 1.29 is 8.83 Å². The van der Waals surface area contributed by atoms with E-state index in [1.807, 2.05) is 60.7 Å². The number of nitrogens with zero attached hydrogens (tertiary/aromatic N) is 4. The smallest absolute Gasteiger partial charge is 0.164 e. The molecular weight excluding hydrogens is 701 g/mol. The van der Waals surface area contributed by atoms with Crippen LogP contribution in [0.5, 0.6) is 0 Å². The van der Waals surface area contributed by atoms with Crippen LogP contribution in [0.1, 0.15) is 0 Å². The SMILES string of the molecule is c1ccc(-c2nc(-c3ccc4c(c3)oc3cc(-c5cccc6c5oc5ccccc56)ccc34)nc(-c3cccc4c3c3ccccc3n4-c3ccccc3)n2)cc1. The van der Waals surface area contributed by atoms with E-state index in [1.165, 1.54) is 0 Å². The Morgan fingerprint density at radius 1 is 0.351 bits per heavy atom. The molecule has 0 saturated heterocycles. The van der Waals surface area contributed by atoms with Gasteiger partial charge in [0.2, 0.25) is 0 Å². The highest BCUT2D eigenvalue weighted by molar-refractivity contribution is 6.15. The van der Waals surface area contributed by atoms with Crippen LogP contribution >= 0.6 is 0 Å². The first-order chi connectivity index (χ1) is 28.2. The maximum atomic E-state index is 6.62. The van der Waals surface area contributed by atoms with Gasteiger partial charge in [-0.3, -0.25) is 0 Å². The molecule has 0 fully saturated rings. The summed E-state index contributed by atoms with van der Waals surface area (Å²) in [6.45, 7) is 0. The van der Waals surface area contributed by atoms with Crippen LogP contribution in [-0.4, -0.2) is 19.5 Å². The molecule has 8 aromatic carbocycles. The van der Waals surface area contributed by atoms with E-state index in [-0.39, 0.29) is 0 Å². The lowest BCUT2D eigenvalue weighted by molar-refractivity contribution is 0.668. The molecule has 12 aromatic rings. The monoisotopic (exact) mass is 730 g/mol. The van der Waals surface area contributed by atoms with Crippen LogP contribution in [0.2, 0.25) is 0 Å². The van der Waals surface area contributed by atoms with Crippen molar-refractivity contribution in [3.8, 4) is 51.0 Å². The highest BCUT2D eigenvalue weighted by Gasteiger charge is 2.20. The molecule has 0 aliphatic heterocycles. The summed E-state index contributed by atoms with van der Waals surface area (Å²) in [5.74, 6) is 1.78. The first-order valence-electron chi connectivity index (χ1n) is 19.0. The third kappa shape index (κ3) is 4.94. The Balaban J connectivity index is 1.02. The maximum Gasteiger partial charge on any atom is 0.164 e. The molecule has 0 N–H and O–H groups in total. The minimum atomic E-state index is 0.572. The van der Waals surface area contributed by atoms with Crippen LogP contribution in [0.4, 0.5) is 0 Å². The minimum Gasteiger partial charge on any atom is -0.456 e. The maximum absolute atomic E-state index is 6.62. The molecule has 0 aliphatic rings. The van der Waals surface area contributed by atoms with Gasteiger partial charge >= 0.3 is 0 Å². The number of hydrogen-bond acceptors (Lipinski definition) is 5. The van der Waals surface area contributed by atoms with Crippen LogP contribution in [0.15, 0.2) is 191 Å². The molecule has 0 amide bonds. The predicted octanol–water partition coefficient (Wildman–Crippen LogP) is 13.4. The molecule has 57 heavy (non-hydrogen) atoms. The lowest BCUT2D eigenvalue weighted by Gasteiger charge is -2.10. The fourth-order valence-electron chi connectivity index (χ4n) is 8.46. The van der Waals surface area contributed by atoms with Crippen molar-refractivity contribution in [1.82, 2.24) is 19.5 Å². The fourth-order valence-corrected chi connectivity index (χ4v) is 8.46. The van der Waals surface area contributed by atoms with Gasteiger partial charge in [-0.15, -0.1) is 0 Å². The largest absolute Gasteiger partial charge is 0.456 e. The second-order valence-electron chi connectivity index (χ2n) is 14.4. The van der Waals surface area contributed by atoms with E-state index in [4.69, 9.17) is 23.8 Å². The average Bonchev–Trinajstić information content (AvgIpc) is 3.96. The van der Waals surface area contributed by atoms with Crippen molar-refractivity contribution >= 4 is 65.7 Å². The van der Waals surface area contributed by atoms with Crippen molar-refractivity contribution in [2.45, 2.75) is 0 Å². The summed E-state index contributed by atoms with van der Waals surface area (Å²) in [4.78, 5) is 15.4. The van der Waals surface area contributed by atoms with E-state index in [2.05, 4.69) is 126 Å². The van der Waals surface area contributed by atoms with E-state index in [0.717, 1.165) is 99.2 Å². The summed E-state index contributed by atoms with van der Waals surface area (Å²) in [5, 5.41) is 6.50. The third-order valence-electron chi connectivity index (χ3n) is 11.1. The molecule has 0 atom stereocenters. The second-order valence-corrected chi connectivity index (χ2v) is 14.4. The van der Waals surface area contributed by atoms with Gasteiger partial charge in [-0.2, -0.15) is 0 Å². The Bertz CT molecular complexity index is 3530. The van der Waals surface area contributed by atoms with E-state index in [0.29, 0.717) is 17.5 Å². The van der Waals surface area contributed by atoms with Crippen molar-refractivity contribution in [2.75, 3.05) is 0 Å². The Morgan fingerprint density at radius 3 is 1.75 bits per heavy atom. The minimum absolute atomic E-state index is 0.572. The molecule has 0 unspecified atom stereocenters. The number of hydrogen-bond donors (Lipinski definition) is 0. The molecule has 0 spiro atoms. The van der Waals surface area contributed by atoms with Gasteiger partial charge in [-0.05, 0) is 60.2 Å². The zero-order chi connectivity index (χ0) is 37.5. The fraction of sp³-hybridized carbons (Fsp3) is 0. The Kier molecular flexibility index (Phi) is 6.83. The highest BCUT2D eigenvalue weighted by Crippen LogP contribution is 2.41. The van der Waals surface area contributed by atoms with Crippen LogP contribution in [0, 0.1) is 0 Å². The molecule has 6 heteroatoms. The summed E-state index contributed by atoms with van der Waals surface area (Å²) in [6, 6.07) is 62.6. The summed E-state index contributed by atoms with van der Waals surface area (Å²) in [6.07, 6.45) is 0. The predicted molar refractivity (Wildman–Crippen MR) is 230 cm³/mol. The summed E-state index contributed by atoms with van der Waals surface area (Å²) in [5.41, 5.74) is 11.4. The summed E-state index contributed by atoms with van der Waals surface area (Å²) < 4.78 is 15.3. The van der Waals surface area contributed by atoms with Crippen molar-refractivity contribution in [3.05, 3.63) is 182 Å². The highest BCUT2D eigenvalue weighted by atomic mass is 16.3. The Labute approximate surface area is 325 Å². The molecule has 6 nitrogen and oxygen atoms in total. The number of benzene rings is 8. The van der Waals surface area contributed by atoms with Gasteiger partial charge in [0.15, 0.2) is 17.5 Å². The van der Waals surface area contributed by atoms with Gasteiger partial charge in [0.05, 0.1) is 11.0 Å². The van der Waals surface area contributed by atoms with Gasteiger partial charge in [0.1, 0.15) is 22.3 Å². The van der Waals surface area contributed by atoms with E-state index in [1.54, 1.807) is 0 Å². The summed E-state index contributed by atoms with van der Waals surface area (Å²) >= 11 is 0. The van der Waals surface area contributed by atoms with E-state index in [9.17, 15) is 0 Å². The van der Waals surface area contributed by atoms with Gasteiger partial charge < -0.3 is 13.4 Å².